The lowest BCUT2D eigenvalue weighted by atomic mass is 9.96. The molecule has 24 nitrogen and oxygen atoms in total. The van der Waals surface area contributed by atoms with Crippen molar-refractivity contribution in [2.24, 2.45) is 0 Å². The Morgan fingerprint density at radius 3 is 1.31 bits per heavy atom. The molecule has 0 aliphatic carbocycles. The van der Waals surface area contributed by atoms with Crippen LogP contribution in [0.4, 0.5) is 0 Å². The molecule has 14 N–H and O–H groups in total. The second-order valence-electron chi connectivity index (χ2n) is 18.4. The van der Waals surface area contributed by atoms with E-state index < -0.39 is 167 Å². The number of allylic oxidation sites excluding steroid dienone is 4. The maximum Gasteiger partial charge on any atom is 0.228 e. The molecule has 0 bridgehead atoms. The molecule has 5 saturated heterocycles. The minimum atomic E-state index is -1.80. The summed E-state index contributed by atoms with van der Waals surface area (Å²) in [5.41, 5.74) is 2.54. The van der Waals surface area contributed by atoms with E-state index in [2.05, 4.69) is 0 Å². The van der Waals surface area contributed by atoms with Crippen LogP contribution in [0.15, 0.2) is 35.1 Å². The van der Waals surface area contributed by atoms with Crippen molar-refractivity contribution < 1.29 is 119 Å². The molecular weight excluding hydrogens is 912 g/mol. The van der Waals surface area contributed by atoms with Crippen molar-refractivity contribution >= 4 is 0 Å². The minimum Gasteiger partial charge on any atom is -0.470 e. The zero-order chi connectivity index (χ0) is 50.3. The van der Waals surface area contributed by atoms with Gasteiger partial charge >= 0.3 is 0 Å². The molecule has 5 heterocycles. The van der Waals surface area contributed by atoms with E-state index in [4.69, 9.17) is 47.4 Å². The zero-order valence-electron chi connectivity index (χ0n) is 39.0. The SMILES string of the molecule is C/C(=C/CC/C(C)=C/CC/C(C)=C/O[C@@H]1O[C@H](CO)[C@@H](O)[C@H](O[C@@H]2O[C@@H](C)[C@H](O)[C@@H](O)[C@H]2O)[C@H]1O[C@@H]1O[C@@H](C)[C@H](O)[C@@H](O)[C@H]1O)CO[C@@H]1O[C@H](CO)[C@@H](O)[C@H](O)[C@H]1O[C@@H]1O[C@@H](C)[C@@H](O)[C@@H](O)[C@H]1O. The van der Waals surface area contributed by atoms with E-state index in [1.54, 1.807) is 13.8 Å². The van der Waals surface area contributed by atoms with E-state index in [9.17, 15) is 71.5 Å². The standard InChI is InChI=1S/C44H74O24/c1-17(9-7-11-18(2)15-59-43-38(33(55)28(50)23(13-45)64-43)67-41-35(57)31(53)26(48)21(5)62-41)10-8-12-19(3)16-60-44-39(68-42-36(58)32(54)27(49)22(6)63-42)37(29(51)24(14-46)65-44)66-40-34(56)30(52)25(47)20(4)61-40/h10-11,16,20-58H,7-9,12-15H2,1-6H3/b17-10+,18-11-,19-16+/t20-,21-,22-,23+,24+,25-,26+,27-,28+,29+,30+,31+,32+,33-,34+,35+,36+,37-,38+,39+,40-,41-,42-,43+,44+/m0/s1. The van der Waals surface area contributed by atoms with Crippen LogP contribution in [0.5, 0.6) is 0 Å². The number of rotatable bonds is 19. The lowest BCUT2D eigenvalue weighted by Crippen LogP contribution is -2.66. The maximum absolute atomic E-state index is 11.3. The summed E-state index contributed by atoms with van der Waals surface area (Å²) in [5.74, 6) is 0. The second kappa shape index (κ2) is 25.7. The van der Waals surface area contributed by atoms with Gasteiger partial charge in [-0.1, -0.05) is 23.3 Å². The Morgan fingerprint density at radius 2 is 0.824 bits per heavy atom. The van der Waals surface area contributed by atoms with Crippen LogP contribution in [-0.2, 0) is 47.4 Å². The van der Waals surface area contributed by atoms with Crippen molar-refractivity contribution in [1.29, 1.82) is 0 Å². The largest absolute Gasteiger partial charge is 0.470 e. The van der Waals surface area contributed by atoms with Crippen LogP contribution in [0, 0.1) is 0 Å². The lowest BCUT2D eigenvalue weighted by molar-refractivity contribution is -0.385. The average Bonchev–Trinajstić information content (AvgIpc) is 3.31. The highest BCUT2D eigenvalue weighted by molar-refractivity contribution is 5.06. The molecule has 0 aromatic rings. The van der Waals surface area contributed by atoms with Crippen LogP contribution in [0.3, 0.4) is 0 Å². The first-order valence-corrected chi connectivity index (χ1v) is 23.0. The number of aliphatic hydroxyl groups is 14. The molecule has 5 fully saturated rings. The third-order valence-electron chi connectivity index (χ3n) is 12.9. The lowest BCUT2D eigenvalue weighted by Gasteiger charge is -2.48. The maximum atomic E-state index is 11.3. The summed E-state index contributed by atoms with van der Waals surface area (Å²) in [6.45, 7) is 8.48. The molecule has 0 saturated carbocycles. The zero-order valence-corrected chi connectivity index (χ0v) is 39.0. The van der Waals surface area contributed by atoms with Gasteiger partial charge in [0.2, 0.25) is 6.29 Å². The van der Waals surface area contributed by atoms with Gasteiger partial charge in [0.15, 0.2) is 31.3 Å². The topological polar surface area (TPSA) is 376 Å². The highest BCUT2D eigenvalue weighted by Gasteiger charge is 2.55. The summed E-state index contributed by atoms with van der Waals surface area (Å²) in [6.07, 6.45) is -29.5. The molecule has 25 atom stereocenters. The van der Waals surface area contributed by atoms with Crippen LogP contribution < -0.4 is 0 Å². The molecule has 0 aromatic heterocycles. The van der Waals surface area contributed by atoms with Crippen molar-refractivity contribution in [3.8, 4) is 0 Å². The first kappa shape index (κ1) is 57.0. The van der Waals surface area contributed by atoms with Gasteiger partial charge in [0, 0.05) is 0 Å². The quantitative estimate of drug-likeness (QED) is 0.0429. The van der Waals surface area contributed by atoms with Gasteiger partial charge in [-0.05, 0) is 72.8 Å². The van der Waals surface area contributed by atoms with Crippen molar-refractivity contribution in [3.05, 3.63) is 35.1 Å². The van der Waals surface area contributed by atoms with Gasteiger partial charge in [-0.15, -0.1) is 0 Å². The van der Waals surface area contributed by atoms with Gasteiger partial charge in [-0.25, -0.2) is 0 Å². The third-order valence-corrected chi connectivity index (χ3v) is 12.9. The molecule has 0 radical (unpaired) electrons. The van der Waals surface area contributed by atoms with Gasteiger partial charge in [0.1, 0.15) is 97.7 Å². The fourth-order valence-corrected chi connectivity index (χ4v) is 8.34. The molecule has 0 aromatic carbocycles. The molecule has 0 amide bonds. The van der Waals surface area contributed by atoms with E-state index in [-0.39, 0.29) is 6.61 Å². The molecule has 394 valence electrons. The van der Waals surface area contributed by atoms with Crippen LogP contribution in [0.25, 0.3) is 0 Å². The van der Waals surface area contributed by atoms with Gasteiger partial charge < -0.3 is 119 Å². The Morgan fingerprint density at radius 1 is 0.412 bits per heavy atom. The van der Waals surface area contributed by atoms with Crippen molar-refractivity contribution in [3.63, 3.8) is 0 Å². The summed E-state index contributed by atoms with van der Waals surface area (Å²) < 4.78 is 58.0. The predicted octanol–water partition coefficient (Wildman–Crippen LogP) is -4.47. The molecule has 68 heavy (non-hydrogen) atoms. The molecule has 5 aliphatic rings. The molecule has 24 heteroatoms. The summed E-state index contributed by atoms with van der Waals surface area (Å²) >= 11 is 0. The van der Waals surface area contributed by atoms with Crippen LogP contribution in [-0.4, -0.2) is 245 Å². The monoisotopic (exact) mass is 986 g/mol. The van der Waals surface area contributed by atoms with Gasteiger partial charge in [0.05, 0.1) is 44.4 Å². The highest BCUT2D eigenvalue weighted by atomic mass is 16.8. The molecule has 0 unspecified atom stereocenters. The van der Waals surface area contributed by atoms with Gasteiger partial charge in [-0.2, -0.15) is 0 Å². The normalized spacial score (nSPS) is 46.7. The predicted molar refractivity (Wildman–Crippen MR) is 228 cm³/mol. The van der Waals surface area contributed by atoms with Gasteiger partial charge in [-0.3, -0.25) is 0 Å². The molecule has 5 rings (SSSR count). The smallest absolute Gasteiger partial charge is 0.228 e. The third kappa shape index (κ3) is 13.8. The fourth-order valence-electron chi connectivity index (χ4n) is 8.34. The summed E-state index contributed by atoms with van der Waals surface area (Å²) in [7, 11) is 0. The van der Waals surface area contributed by atoms with E-state index in [1.165, 1.54) is 27.0 Å². The Balaban J connectivity index is 1.18. The molecule has 5 aliphatic heterocycles. The first-order chi connectivity index (χ1) is 32.1. The molecule has 0 spiro atoms. The van der Waals surface area contributed by atoms with Crippen molar-refractivity contribution in [2.45, 2.75) is 221 Å². The summed E-state index contributed by atoms with van der Waals surface area (Å²) in [4.78, 5) is 0. The summed E-state index contributed by atoms with van der Waals surface area (Å²) in [5, 5.41) is 146. The van der Waals surface area contributed by atoms with E-state index in [0.717, 1.165) is 11.1 Å². The Labute approximate surface area is 394 Å². The Kier molecular flexibility index (Phi) is 21.5. The number of hydrogen-bond acceptors (Lipinski definition) is 24. The van der Waals surface area contributed by atoms with Crippen molar-refractivity contribution in [2.75, 3.05) is 19.8 Å². The summed E-state index contributed by atoms with van der Waals surface area (Å²) in [6, 6.07) is 0. The average molecular weight is 987 g/mol. The van der Waals surface area contributed by atoms with Crippen LogP contribution in [0.1, 0.15) is 67.2 Å². The second-order valence-corrected chi connectivity index (χ2v) is 18.4. The number of aliphatic hydroxyl groups excluding tert-OH is 14. The number of hydrogen-bond donors (Lipinski definition) is 14. The van der Waals surface area contributed by atoms with E-state index in [0.29, 0.717) is 31.3 Å². The highest BCUT2D eigenvalue weighted by Crippen LogP contribution is 2.35. The Hall–Kier alpha value is -1.90. The van der Waals surface area contributed by atoms with Gasteiger partial charge in [0.25, 0.3) is 0 Å². The first-order valence-electron chi connectivity index (χ1n) is 23.0. The Bertz CT molecular complexity index is 1640. The minimum absolute atomic E-state index is 0.00715. The fraction of sp³-hybridized carbons (Fsp3) is 0.864. The van der Waals surface area contributed by atoms with E-state index >= 15 is 0 Å². The van der Waals surface area contributed by atoms with Crippen LogP contribution >= 0.6 is 0 Å². The number of ether oxygens (including phenoxy) is 10. The molecular formula is C44H74O24. The van der Waals surface area contributed by atoms with E-state index in [1.807, 2.05) is 19.1 Å². The van der Waals surface area contributed by atoms with Crippen LogP contribution in [0.2, 0.25) is 0 Å². The van der Waals surface area contributed by atoms with Crippen molar-refractivity contribution in [1.82, 2.24) is 0 Å².